The topological polar surface area (TPSA) is 31.5 Å². The normalized spacial score (nSPS) is 9.00. The quantitative estimate of drug-likeness (QED) is 0.177. The van der Waals surface area contributed by atoms with Gasteiger partial charge in [-0.1, -0.05) is 117 Å². The molecule has 0 heterocycles. The van der Waals surface area contributed by atoms with Crippen molar-refractivity contribution in [3.8, 4) is 0 Å². The summed E-state index contributed by atoms with van der Waals surface area (Å²) in [6, 6.07) is 0. The molecular weight excluding hydrogens is 395 g/mol. The van der Waals surface area contributed by atoms with Crippen LogP contribution < -0.4 is 0 Å². The Hall–Kier alpha value is 0.843. The minimum Gasteiger partial charge on any atom is -0.412 e. The van der Waals surface area contributed by atoms with E-state index in [1.165, 1.54) is 96.3 Å². The molecule has 0 aromatic carbocycles. The molecule has 159 valence electrons. The molecule has 0 aliphatic rings. The first kappa shape index (κ1) is 37.6. The van der Waals surface area contributed by atoms with E-state index in [1.54, 1.807) is 0 Å². The molecule has 1 radical (unpaired) electrons. The van der Waals surface area contributed by atoms with Crippen LogP contribution in [0, 0.1) is 20.8 Å². The van der Waals surface area contributed by atoms with Gasteiger partial charge in [-0.3, -0.25) is 0 Å². The van der Waals surface area contributed by atoms with Crippen LogP contribution in [0.15, 0.2) is 0 Å². The first-order chi connectivity index (χ1) is 11.7. The third-order valence-electron chi connectivity index (χ3n) is 4.06. The molecule has 1 nitrogen and oxygen atoms in total. The molecule has 2 N–H and O–H groups in total. The molecule has 0 saturated carbocycles. The van der Waals surface area contributed by atoms with Gasteiger partial charge in [-0.15, -0.1) is 0 Å². The SMILES string of the molecule is O.[CH2-]CCCCCCC.[CH2-]CCCCCCC.[CH2-]CCCCCCC.[Zr+3]. The second-order valence-corrected chi connectivity index (χ2v) is 6.80. The molecule has 0 amide bonds. The van der Waals surface area contributed by atoms with Gasteiger partial charge in [0.15, 0.2) is 0 Å². The van der Waals surface area contributed by atoms with Gasteiger partial charge < -0.3 is 26.2 Å². The molecule has 0 unspecified atom stereocenters. The van der Waals surface area contributed by atoms with Gasteiger partial charge in [0.1, 0.15) is 0 Å². The molecule has 0 fully saturated rings. The fourth-order valence-electron chi connectivity index (χ4n) is 2.34. The number of rotatable bonds is 15. The van der Waals surface area contributed by atoms with Crippen molar-refractivity contribution in [1.29, 1.82) is 0 Å². The molecule has 0 atom stereocenters. The second-order valence-electron chi connectivity index (χ2n) is 6.80. The molecule has 0 aromatic rings. The standard InChI is InChI=1S/3C8H17.H2O.Zr/c3*1-3-5-7-8-6-4-2;;/h3*1,3-8H2,2H3;1H2;/q3*-1;;+3. The molecular formula is C24H53OZr. The zero-order chi connectivity index (χ0) is 18.7. The first-order valence-electron chi connectivity index (χ1n) is 11.1. The van der Waals surface area contributed by atoms with E-state index in [2.05, 4.69) is 41.5 Å². The van der Waals surface area contributed by atoms with Crippen LogP contribution in [0.5, 0.6) is 0 Å². The third kappa shape index (κ3) is 56.3. The van der Waals surface area contributed by atoms with Crippen LogP contribution in [0.4, 0.5) is 0 Å². The Bertz CT molecular complexity index is 116. The summed E-state index contributed by atoms with van der Waals surface area (Å²) < 4.78 is 0. The van der Waals surface area contributed by atoms with Crippen LogP contribution >= 0.6 is 0 Å². The smallest absolute Gasteiger partial charge is 0.412 e. The zero-order valence-electron chi connectivity index (χ0n) is 18.8. The Balaban J connectivity index is -0.0000000817. The predicted molar refractivity (Wildman–Crippen MR) is 120 cm³/mol. The van der Waals surface area contributed by atoms with Crippen molar-refractivity contribution < 1.29 is 31.7 Å². The van der Waals surface area contributed by atoms with Crippen LogP contribution in [0.3, 0.4) is 0 Å². The molecule has 0 saturated heterocycles. The minimum absolute atomic E-state index is 0. The van der Waals surface area contributed by atoms with Crippen molar-refractivity contribution in [2.75, 3.05) is 0 Å². The maximum absolute atomic E-state index is 3.78. The van der Waals surface area contributed by atoms with Crippen LogP contribution in [0.2, 0.25) is 0 Å². The van der Waals surface area contributed by atoms with E-state index in [0.717, 1.165) is 19.3 Å². The maximum Gasteiger partial charge on any atom is 3.00 e. The van der Waals surface area contributed by atoms with Gasteiger partial charge in [0.2, 0.25) is 0 Å². The summed E-state index contributed by atoms with van der Waals surface area (Å²) in [7, 11) is 0. The summed E-state index contributed by atoms with van der Waals surface area (Å²) >= 11 is 0. The van der Waals surface area contributed by atoms with Crippen molar-refractivity contribution in [1.82, 2.24) is 0 Å². The van der Waals surface area contributed by atoms with E-state index in [-0.39, 0.29) is 31.7 Å². The Morgan fingerprint density at radius 3 is 0.731 bits per heavy atom. The molecule has 26 heavy (non-hydrogen) atoms. The van der Waals surface area contributed by atoms with Crippen molar-refractivity contribution >= 4 is 0 Å². The number of unbranched alkanes of at least 4 members (excludes halogenated alkanes) is 15. The van der Waals surface area contributed by atoms with E-state index < -0.39 is 0 Å². The summed E-state index contributed by atoms with van der Waals surface area (Å²) in [6.07, 6.45) is 23.9. The van der Waals surface area contributed by atoms with Gasteiger partial charge in [-0.2, -0.15) is 19.3 Å². The monoisotopic (exact) mass is 447 g/mol. The molecule has 0 aromatic heterocycles. The van der Waals surface area contributed by atoms with Crippen LogP contribution in [-0.2, 0) is 26.2 Å². The summed E-state index contributed by atoms with van der Waals surface area (Å²) in [5.41, 5.74) is 0. The third-order valence-corrected chi connectivity index (χ3v) is 4.06. The summed E-state index contributed by atoms with van der Waals surface area (Å²) in [5, 5.41) is 0. The number of hydrogen-bond donors (Lipinski definition) is 0. The van der Waals surface area contributed by atoms with Gasteiger partial charge in [-0.25, -0.2) is 0 Å². The fraction of sp³-hybridized carbons (Fsp3) is 0.875. The summed E-state index contributed by atoms with van der Waals surface area (Å²) in [5.74, 6) is 0. The van der Waals surface area contributed by atoms with Gasteiger partial charge in [0, 0.05) is 0 Å². The molecule has 0 bridgehead atoms. The molecule has 0 aliphatic heterocycles. The first-order valence-corrected chi connectivity index (χ1v) is 11.1. The Morgan fingerprint density at radius 2 is 0.577 bits per heavy atom. The predicted octanol–water partition coefficient (Wildman–Crippen LogP) is 8.72. The van der Waals surface area contributed by atoms with E-state index in [1.807, 2.05) is 0 Å². The van der Waals surface area contributed by atoms with Crippen LogP contribution in [0.25, 0.3) is 0 Å². The minimum atomic E-state index is 0. The van der Waals surface area contributed by atoms with Crippen molar-refractivity contribution in [2.24, 2.45) is 0 Å². The van der Waals surface area contributed by atoms with Crippen LogP contribution in [0.1, 0.15) is 136 Å². The van der Waals surface area contributed by atoms with Crippen molar-refractivity contribution in [3.05, 3.63) is 20.8 Å². The van der Waals surface area contributed by atoms with E-state index >= 15 is 0 Å². The fourth-order valence-corrected chi connectivity index (χ4v) is 2.34. The van der Waals surface area contributed by atoms with Gasteiger partial charge in [-0.05, 0) is 0 Å². The average molecular weight is 449 g/mol. The van der Waals surface area contributed by atoms with E-state index in [9.17, 15) is 0 Å². The van der Waals surface area contributed by atoms with E-state index in [4.69, 9.17) is 0 Å². The van der Waals surface area contributed by atoms with Gasteiger partial charge >= 0.3 is 26.2 Å². The van der Waals surface area contributed by atoms with Crippen LogP contribution in [-0.4, -0.2) is 5.48 Å². The molecule has 0 spiro atoms. The Kier molecular flexibility index (Phi) is 64.9. The van der Waals surface area contributed by atoms with E-state index in [0.29, 0.717) is 0 Å². The van der Waals surface area contributed by atoms with Crippen molar-refractivity contribution in [2.45, 2.75) is 136 Å². The average Bonchev–Trinajstić information content (AvgIpc) is 2.61. The van der Waals surface area contributed by atoms with Gasteiger partial charge in [0.05, 0.1) is 0 Å². The maximum atomic E-state index is 3.78. The molecule has 0 aliphatic carbocycles. The summed E-state index contributed by atoms with van der Waals surface area (Å²) in [4.78, 5) is 0. The number of hydrogen-bond acceptors (Lipinski definition) is 0. The Morgan fingerprint density at radius 1 is 0.385 bits per heavy atom. The second kappa shape index (κ2) is 44.9. The zero-order valence-corrected chi connectivity index (χ0v) is 21.3. The summed E-state index contributed by atoms with van der Waals surface area (Å²) in [6.45, 7) is 18.1. The van der Waals surface area contributed by atoms with Crippen molar-refractivity contribution in [3.63, 3.8) is 0 Å². The molecule has 0 rings (SSSR count). The largest absolute Gasteiger partial charge is 3.00 e. The van der Waals surface area contributed by atoms with Gasteiger partial charge in [0.25, 0.3) is 0 Å². The Labute approximate surface area is 188 Å². The molecule has 2 heteroatoms.